The first-order chi connectivity index (χ1) is 13.5. The molecule has 1 N–H and O–H groups in total. The maximum atomic E-state index is 12.4. The highest BCUT2D eigenvalue weighted by Gasteiger charge is 2.17. The number of nitrogens with one attached hydrogen (secondary N) is 1. The normalized spacial score (nSPS) is 16.4. The molecule has 150 valence electrons. The first-order valence-electron chi connectivity index (χ1n) is 9.96. The van der Waals surface area contributed by atoms with E-state index in [4.69, 9.17) is 9.47 Å². The molecule has 1 heterocycles. The summed E-state index contributed by atoms with van der Waals surface area (Å²) < 4.78 is 10.8. The zero-order chi connectivity index (χ0) is 19.9. The van der Waals surface area contributed by atoms with Gasteiger partial charge < -0.3 is 14.8 Å². The van der Waals surface area contributed by atoms with Crippen LogP contribution in [0.1, 0.15) is 32.3 Å². The van der Waals surface area contributed by atoms with E-state index < -0.39 is 6.10 Å². The van der Waals surface area contributed by atoms with E-state index in [0.717, 1.165) is 23.9 Å². The van der Waals surface area contributed by atoms with Gasteiger partial charge in [0.15, 0.2) is 6.10 Å². The van der Waals surface area contributed by atoms with E-state index in [1.807, 2.05) is 24.3 Å². The molecule has 0 aliphatic carbocycles. The molecule has 0 radical (unpaired) electrons. The molecule has 3 rings (SSSR count). The highest BCUT2D eigenvalue weighted by Crippen LogP contribution is 2.20. The van der Waals surface area contributed by atoms with Crippen molar-refractivity contribution in [3.05, 3.63) is 54.1 Å². The van der Waals surface area contributed by atoms with Gasteiger partial charge in [-0.2, -0.15) is 0 Å². The lowest BCUT2D eigenvalue weighted by Crippen LogP contribution is -2.32. The van der Waals surface area contributed by atoms with Gasteiger partial charge in [-0.3, -0.25) is 9.69 Å². The molecule has 1 saturated heterocycles. The summed E-state index contributed by atoms with van der Waals surface area (Å²) in [4.78, 5) is 14.9. The molecule has 1 unspecified atom stereocenters. The molecule has 0 saturated carbocycles. The van der Waals surface area contributed by atoms with E-state index in [0.29, 0.717) is 5.75 Å². The van der Waals surface area contributed by atoms with E-state index in [2.05, 4.69) is 29.3 Å². The summed E-state index contributed by atoms with van der Waals surface area (Å²) in [6, 6.07) is 15.3. The van der Waals surface area contributed by atoms with Gasteiger partial charge in [0.05, 0.1) is 7.11 Å². The third-order valence-electron chi connectivity index (χ3n) is 5.25. The quantitative estimate of drug-likeness (QED) is 0.774. The Balaban J connectivity index is 1.49. The second kappa shape index (κ2) is 9.60. The average molecular weight is 383 g/mol. The Morgan fingerprint density at radius 1 is 1.07 bits per heavy atom. The van der Waals surface area contributed by atoms with Crippen molar-refractivity contribution in [3.8, 4) is 11.5 Å². The molecule has 28 heavy (non-hydrogen) atoms. The van der Waals surface area contributed by atoms with Crippen molar-refractivity contribution in [2.24, 2.45) is 5.92 Å². The second-order valence-electron chi connectivity index (χ2n) is 7.58. The van der Waals surface area contributed by atoms with Gasteiger partial charge in [-0.15, -0.1) is 0 Å². The van der Waals surface area contributed by atoms with Gasteiger partial charge in [-0.05, 0) is 80.7 Å². The first kappa shape index (κ1) is 20.2. The fraction of sp³-hybridized carbons (Fsp3) is 0.435. The van der Waals surface area contributed by atoms with Crippen LogP contribution in [0, 0.1) is 5.92 Å². The maximum Gasteiger partial charge on any atom is 0.265 e. The number of nitrogens with zero attached hydrogens (tertiary/aromatic N) is 1. The van der Waals surface area contributed by atoms with E-state index in [1.54, 1.807) is 26.2 Å². The molecule has 0 spiro atoms. The molecule has 1 aliphatic rings. The molecule has 2 aromatic rings. The van der Waals surface area contributed by atoms with Crippen LogP contribution < -0.4 is 14.8 Å². The minimum absolute atomic E-state index is 0.173. The predicted molar refractivity (Wildman–Crippen MR) is 112 cm³/mol. The fourth-order valence-corrected chi connectivity index (χ4v) is 3.33. The molecule has 0 aromatic heterocycles. The first-order valence-corrected chi connectivity index (χ1v) is 9.96. The van der Waals surface area contributed by atoms with Crippen LogP contribution in [0.25, 0.3) is 0 Å². The summed E-state index contributed by atoms with van der Waals surface area (Å²) in [5.74, 6) is 2.06. The highest BCUT2D eigenvalue weighted by molar-refractivity contribution is 5.94. The summed E-state index contributed by atoms with van der Waals surface area (Å²) in [5.41, 5.74) is 2.06. The number of likely N-dealkylation sites (tertiary alicyclic amines) is 1. The summed E-state index contributed by atoms with van der Waals surface area (Å²) in [6.45, 7) is 7.37. The number of piperidine rings is 1. The lowest BCUT2D eigenvalue weighted by Gasteiger charge is -2.30. The average Bonchev–Trinajstić information content (AvgIpc) is 2.71. The lowest BCUT2D eigenvalue weighted by molar-refractivity contribution is -0.122. The van der Waals surface area contributed by atoms with Crippen molar-refractivity contribution < 1.29 is 14.3 Å². The van der Waals surface area contributed by atoms with Crippen LogP contribution in [0.3, 0.4) is 0 Å². The van der Waals surface area contributed by atoms with E-state index >= 15 is 0 Å². The van der Waals surface area contributed by atoms with Crippen LogP contribution in [0.15, 0.2) is 48.5 Å². The smallest absolute Gasteiger partial charge is 0.265 e. The zero-order valence-electron chi connectivity index (χ0n) is 17.0. The molecule has 5 nitrogen and oxygen atoms in total. The molecule has 1 amide bonds. The SMILES string of the molecule is COc1ccc(OC(C)C(=O)Nc2ccc(CN3CCC(C)CC3)cc2)cc1. The number of carbonyl (C=O) groups is 1. The molecule has 2 aromatic carbocycles. The largest absolute Gasteiger partial charge is 0.497 e. The van der Waals surface area contributed by atoms with Crippen LogP contribution in [0.5, 0.6) is 11.5 Å². The topological polar surface area (TPSA) is 50.8 Å². The number of ether oxygens (including phenoxy) is 2. The Morgan fingerprint density at radius 2 is 1.68 bits per heavy atom. The zero-order valence-corrected chi connectivity index (χ0v) is 17.0. The van der Waals surface area contributed by atoms with Crippen LogP contribution >= 0.6 is 0 Å². The van der Waals surface area contributed by atoms with Crippen molar-refractivity contribution >= 4 is 11.6 Å². The second-order valence-corrected chi connectivity index (χ2v) is 7.58. The molecule has 1 aliphatic heterocycles. The van der Waals surface area contributed by atoms with Crippen LogP contribution in [-0.2, 0) is 11.3 Å². The minimum Gasteiger partial charge on any atom is -0.497 e. The van der Waals surface area contributed by atoms with E-state index in [-0.39, 0.29) is 5.91 Å². The molecule has 5 heteroatoms. The number of carbonyl (C=O) groups excluding carboxylic acids is 1. The van der Waals surface area contributed by atoms with Crippen LogP contribution in [0.2, 0.25) is 0 Å². The summed E-state index contributed by atoms with van der Waals surface area (Å²) in [7, 11) is 1.62. The van der Waals surface area contributed by atoms with Crippen molar-refractivity contribution in [1.29, 1.82) is 0 Å². The van der Waals surface area contributed by atoms with Crippen molar-refractivity contribution in [2.75, 3.05) is 25.5 Å². The van der Waals surface area contributed by atoms with Crippen molar-refractivity contribution in [3.63, 3.8) is 0 Å². The summed E-state index contributed by atoms with van der Waals surface area (Å²) in [5, 5.41) is 2.92. The van der Waals surface area contributed by atoms with Crippen molar-refractivity contribution in [1.82, 2.24) is 4.90 Å². The molecule has 0 bridgehead atoms. The Kier molecular flexibility index (Phi) is 6.93. The van der Waals surface area contributed by atoms with Crippen LogP contribution in [-0.4, -0.2) is 37.1 Å². The number of hydrogen-bond acceptors (Lipinski definition) is 4. The summed E-state index contributed by atoms with van der Waals surface area (Å²) in [6.07, 6.45) is 1.96. The number of hydrogen-bond donors (Lipinski definition) is 1. The Labute approximate surface area is 167 Å². The number of methoxy groups -OCH3 is 1. The van der Waals surface area contributed by atoms with Gasteiger partial charge in [0.25, 0.3) is 5.91 Å². The predicted octanol–water partition coefficient (Wildman–Crippen LogP) is 4.33. The molecular formula is C23H30N2O3. The van der Waals surface area contributed by atoms with Gasteiger partial charge in [-0.25, -0.2) is 0 Å². The Bertz CT molecular complexity index is 750. The standard InChI is InChI=1S/C23H30N2O3/c1-17-12-14-25(15-13-17)16-19-4-6-20(7-5-19)24-23(26)18(2)28-22-10-8-21(27-3)9-11-22/h4-11,17-18H,12-16H2,1-3H3,(H,24,26). The number of amides is 1. The number of anilines is 1. The maximum absolute atomic E-state index is 12.4. The monoisotopic (exact) mass is 382 g/mol. The molecular weight excluding hydrogens is 352 g/mol. The Morgan fingerprint density at radius 3 is 2.29 bits per heavy atom. The van der Waals surface area contributed by atoms with Gasteiger partial charge in [0.2, 0.25) is 0 Å². The molecule has 1 atom stereocenters. The minimum atomic E-state index is -0.594. The van der Waals surface area contributed by atoms with E-state index in [9.17, 15) is 4.79 Å². The number of rotatable bonds is 7. The van der Waals surface area contributed by atoms with E-state index in [1.165, 1.54) is 31.5 Å². The van der Waals surface area contributed by atoms with Crippen molar-refractivity contribution in [2.45, 2.75) is 39.3 Å². The molecule has 1 fully saturated rings. The highest BCUT2D eigenvalue weighted by atomic mass is 16.5. The Hall–Kier alpha value is -2.53. The van der Waals surface area contributed by atoms with Gasteiger partial charge in [0.1, 0.15) is 11.5 Å². The summed E-state index contributed by atoms with van der Waals surface area (Å²) >= 11 is 0. The van der Waals surface area contributed by atoms with Gasteiger partial charge in [-0.1, -0.05) is 19.1 Å². The van der Waals surface area contributed by atoms with Gasteiger partial charge in [0, 0.05) is 12.2 Å². The van der Waals surface area contributed by atoms with Crippen LogP contribution in [0.4, 0.5) is 5.69 Å². The third-order valence-corrected chi connectivity index (χ3v) is 5.25. The fourth-order valence-electron chi connectivity index (χ4n) is 3.33. The number of benzene rings is 2. The third kappa shape index (κ3) is 5.73. The lowest BCUT2D eigenvalue weighted by atomic mass is 9.99. The van der Waals surface area contributed by atoms with Gasteiger partial charge >= 0.3 is 0 Å².